The Hall–Kier alpha value is -3.09. The highest BCUT2D eigenvalue weighted by atomic mass is 16.3. The Morgan fingerprint density at radius 2 is 2.20 bits per heavy atom. The Labute approximate surface area is 145 Å². The molecule has 0 unspecified atom stereocenters. The minimum atomic E-state index is -0.210. The van der Waals surface area contributed by atoms with E-state index in [2.05, 4.69) is 15.5 Å². The van der Waals surface area contributed by atoms with Gasteiger partial charge in [0.15, 0.2) is 0 Å². The summed E-state index contributed by atoms with van der Waals surface area (Å²) < 4.78 is 5.27. The van der Waals surface area contributed by atoms with Crippen LogP contribution in [0.3, 0.4) is 0 Å². The lowest BCUT2D eigenvalue weighted by molar-refractivity contribution is -0.131. The normalized spacial score (nSPS) is 10.8. The molecule has 0 atom stereocenters. The van der Waals surface area contributed by atoms with E-state index in [4.69, 9.17) is 4.42 Å². The number of nitrogens with one attached hydrogen (secondary N) is 2. The summed E-state index contributed by atoms with van der Waals surface area (Å²) in [5.74, 6) is 0.508. The molecule has 2 heterocycles. The van der Waals surface area contributed by atoms with Crippen molar-refractivity contribution in [3.05, 3.63) is 54.1 Å². The van der Waals surface area contributed by atoms with Gasteiger partial charge in [-0.1, -0.05) is 6.07 Å². The van der Waals surface area contributed by atoms with Crippen LogP contribution in [-0.4, -0.2) is 40.0 Å². The van der Waals surface area contributed by atoms with Crippen molar-refractivity contribution in [1.82, 2.24) is 20.4 Å². The average Bonchev–Trinajstić information content (AvgIpc) is 3.30. The molecule has 0 saturated carbocycles. The van der Waals surface area contributed by atoms with Crippen molar-refractivity contribution in [3.63, 3.8) is 0 Å². The van der Waals surface area contributed by atoms with E-state index in [0.717, 1.165) is 16.7 Å². The number of nitrogens with zero attached hydrogens (tertiary/aromatic N) is 2. The molecule has 0 fully saturated rings. The van der Waals surface area contributed by atoms with E-state index < -0.39 is 0 Å². The Kier molecular flexibility index (Phi) is 5.13. The van der Waals surface area contributed by atoms with Gasteiger partial charge in [0.2, 0.25) is 5.91 Å². The average molecular weight is 340 g/mol. The number of hydrogen-bond donors (Lipinski definition) is 2. The van der Waals surface area contributed by atoms with Crippen LogP contribution in [0.4, 0.5) is 0 Å². The zero-order valence-corrected chi connectivity index (χ0v) is 14.0. The second-order valence-electron chi connectivity index (χ2n) is 5.67. The fourth-order valence-corrected chi connectivity index (χ4v) is 2.59. The molecule has 0 bridgehead atoms. The third-order valence-corrected chi connectivity index (χ3v) is 3.99. The van der Waals surface area contributed by atoms with Crippen LogP contribution in [-0.2, 0) is 11.3 Å². The third-order valence-electron chi connectivity index (χ3n) is 3.99. The van der Waals surface area contributed by atoms with E-state index >= 15 is 0 Å². The zero-order valence-electron chi connectivity index (χ0n) is 14.0. The molecule has 3 aromatic rings. The number of furan rings is 1. The van der Waals surface area contributed by atoms with Crippen LogP contribution < -0.4 is 5.32 Å². The van der Waals surface area contributed by atoms with Crippen LogP contribution in [0.15, 0.2) is 47.2 Å². The number of aromatic nitrogens is 2. The van der Waals surface area contributed by atoms with Crippen molar-refractivity contribution in [3.8, 4) is 0 Å². The first kappa shape index (κ1) is 16.8. The van der Waals surface area contributed by atoms with Crippen LogP contribution in [0.1, 0.15) is 29.5 Å². The predicted octanol–water partition coefficient (Wildman–Crippen LogP) is 2.32. The summed E-state index contributed by atoms with van der Waals surface area (Å²) in [6.07, 6.45) is 3.53. The molecule has 0 radical (unpaired) electrons. The number of aromatic amines is 1. The molecule has 0 saturated heterocycles. The van der Waals surface area contributed by atoms with Gasteiger partial charge >= 0.3 is 0 Å². The lowest BCUT2D eigenvalue weighted by atomic mass is 10.1. The molecule has 0 aliphatic rings. The summed E-state index contributed by atoms with van der Waals surface area (Å²) in [4.78, 5) is 26.2. The van der Waals surface area contributed by atoms with E-state index in [9.17, 15) is 9.59 Å². The number of benzene rings is 1. The summed E-state index contributed by atoms with van der Waals surface area (Å²) in [6, 6.07) is 8.95. The van der Waals surface area contributed by atoms with Gasteiger partial charge in [0, 0.05) is 30.5 Å². The molecule has 0 aliphatic heterocycles. The summed E-state index contributed by atoms with van der Waals surface area (Å²) >= 11 is 0. The van der Waals surface area contributed by atoms with Gasteiger partial charge in [-0.3, -0.25) is 14.7 Å². The molecule has 0 aliphatic carbocycles. The first-order valence-electron chi connectivity index (χ1n) is 8.19. The number of amides is 2. The van der Waals surface area contributed by atoms with Crippen molar-refractivity contribution < 1.29 is 14.0 Å². The van der Waals surface area contributed by atoms with E-state index in [-0.39, 0.29) is 24.8 Å². The molecule has 0 spiro atoms. The SMILES string of the molecule is CCN(Cc1ccco1)C(=O)CCNC(=O)c1ccc2cn[nH]c2c1. The maximum atomic E-state index is 12.3. The van der Waals surface area contributed by atoms with E-state index in [1.807, 2.05) is 19.1 Å². The number of fused-ring (bicyclic) bond motifs is 1. The van der Waals surface area contributed by atoms with E-state index in [0.29, 0.717) is 18.7 Å². The highest BCUT2D eigenvalue weighted by Crippen LogP contribution is 2.12. The fraction of sp³-hybridized carbons (Fsp3) is 0.278. The Bertz CT molecular complexity index is 854. The summed E-state index contributed by atoms with van der Waals surface area (Å²) in [6.45, 7) is 3.23. The third kappa shape index (κ3) is 4.06. The van der Waals surface area contributed by atoms with Crippen LogP contribution in [0, 0.1) is 0 Å². The smallest absolute Gasteiger partial charge is 0.251 e. The largest absolute Gasteiger partial charge is 0.467 e. The molecule has 7 nitrogen and oxygen atoms in total. The second kappa shape index (κ2) is 7.65. The number of hydrogen-bond acceptors (Lipinski definition) is 4. The maximum Gasteiger partial charge on any atom is 0.251 e. The van der Waals surface area contributed by atoms with Gasteiger partial charge in [-0.05, 0) is 31.2 Å². The molecule has 3 rings (SSSR count). The molecule has 130 valence electrons. The highest BCUT2D eigenvalue weighted by Gasteiger charge is 2.14. The Morgan fingerprint density at radius 1 is 1.32 bits per heavy atom. The quantitative estimate of drug-likeness (QED) is 0.690. The molecular weight excluding hydrogens is 320 g/mol. The van der Waals surface area contributed by atoms with Gasteiger partial charge in [-0.15, -0.1) is 0 Å². The van der Waals surface area contributed by atoms with Crippen LogP contribution in [0.25, 0.3) is 10.9 Å². The van der Waals surface area contributed by atoms with Crippen LogP contribution >= 0.6 is 0 Å². The fourth-order valence-electron chi connectivity index (χ4n) is 2.59. The molecule has 25 heavy (non-hydrogen) atoms. The van der Waals surface area contributed by atoms with Gasteiger partial charge in [0.25, 0.3) is 5.91 Å². The van der Waals surface area contributed by atoms with Gasteiger partial charge in [0.05, 0.1) is 24.5 Å². The lowest BCUT2D eigenvalue weighted by Gasteiger charge is -2.19. The standard InChI is InChI=1S/C18H20N4O3/c1-2-22(12-15-4-3-9-25-15)17(23)7-8-19-18(24)13-5-6-14-11-20-21-16(14)10-13/h3-6,9-11H,2,7-8,12H2,1H3,(H,19,24)(H,20,21). The first-order chi connectivity index (χ1) is 12.2. The number of carbonyl (C=O) groups is 2. The Balaban J connectivity index is 1.50. The summed E-state index contributed by atoms with van der Waals surface area (Å²) in [5, 5.41) is 10.5. The zero-order chi connectivity index (χ0) is 17.6. The summed E-state index contributed by atoms with van der Waals surface area (Å²) in [7, 11) is 0. The van der Waals surface area contributed by atoms with Crippen molar-refractivity contribution >= 4 is 22.7 Å². The van der Waals surface area contributed by atoms with Gasteiger partial charge < -0.3 is 14.6 Å². The van der Waals surface area contributed by atoms with Gasteiger partial charge in [-0.2, -0.15) is 5.10 Å². The molecule has 2 N–H and O–H groups in total. The van der Waals surface area contributed by atoms with Crippen molar-refractivity contribution in [2.24, 2.45) is 0 Å². The van der Waals surface area contributed by atoms with Gasteiger partial charge in [-0.25, -0.2) is 0 Å². The van der Waals surface area contributed by atoms with Crippen molar-refractivity contribution in [2.75, 3.05) is 13.1 Å². The second-order valence-corrected chi connectivity index (χ2v) is 5.67. The van der Waals surface area contributed by atoms with Crippen molar-refractivity contribution in [2.45, 2.75) is 19.9 Å². The first-order valence-corrected chi connectivity index (χ1v) is 8.19. The van der Waals surface area contributed by atoms with Crippen LogP contribution in [0.2, 0.25) is 0 Å². The molecule has 2 aromatic heterocycles. The van der Waals surface area contributed by atoms with Crippen molar-refractivity contribution in [1.29, 1.82) is 0 Å². The molecule has 7 heteroatoms. The number of H-pyrrole nitrogens is 1. The lowest BCUT2D eigenvalue weighted by Crippen LogP contribution is -2.34. The van der Waals surface area contributed by atoms with E-state index in [1.54, 1.807) is 35.6 Å². The van der Waals surface area contributed by atoms with Gasteiger partial charge in [0.1, 0.15) is 5.76 Å². The summed E-state index contributed by atoms with van der Waals surface area (Å²) in [5.41, 5.74) is 1.34. The van der Waals surface area contributed by atoms with Crippen LogP contribution in [0.5, 0.6) is 0 Å². The predicted molar refractivity (Wildman–Crippen MR) is 92.8 cm³/mol. The highest BCUT2D eigenvalue weighted by molar-refractivity contribution is 5.97. The minimum Gasteiger partial charge on any atom is -0.467 e. The molecular formula is C18H20N4O3. The monoisotopic (exact) mass is 340 g/mol. The minimum absolute atomic E-state index is 0.0248. The number of carbonyl (C=O) groups excluding carboxylic acids is 2. The molecule has 2 amide bonds. The Morgan fingerprint density at radius 3 is 2.96 bits per heavy atom. The topological polar surface area (TPSA) is 91.2 Å². The van der Waals surface area contributed by atoms with E-state index in [1.165, 1.54) is 0 Å². The molecule has 1 aromatic carbocycles. The maximum absolute atomic E-state index is 12.3. The number of rotatable bonds is 7.